The predicted molar refractivity (Wildman–Crippen MR) is 44.3 cm³/mol. The third-order valence-corrected chi connectivity index (χ3v) is 1.17. The molecule has 1 heterocycles. The molecule has 0 aromatic carbocycles. The molecule has 0 saturated carbocycles. The van der Waals surface area contributed by atoms with Crippen LogP contribution in [0.3, 0.4) is 0 Å². The van der Waals surface area contributed by atoms with E-state index in [1.807, 2.05) is 0 Å². The fraction of sp³-hybridized carbons (Fsp3) is 0.250. The van der Waals surface area contributed by atoms with E-state index >= 15 is 0 Å². The summed E-state index contributed by atoms with van der Waals surface area (Å²) in [6.07, 6.45) is 0. The smallest absolute Gasteiger partial charge is 0.507 e. The molecule has 0 aliphatic carbocycles. The van der Waals surface area contributed by atoms with Gasteiger partial charge in [-0.25, -0.2) is 0 Å². The first-order valence-electron chi connectivity index (χ1n) is 2.99. The molecule has 1 aromatic rings. The molecule has 64 valence electrons. The molecule has 0 amide bonds. The molecule has 0 unspecified atom stereocenters. The third-order valence-electron chi connectivity index (χ3n) is 0.836. The first-order chi connectivity index (χ1) is 5.58. The van der Waals surface area contributed by atoms with Crippen LogP contribution in [-0.4, -0.2) is 27.1 Å². The van der Waals surface area contributed by atoms with Crippen LogP contribution in [0.4, 0.5) is 0 Å². The normalized spacial score (nSPS) is 9.67. The van der Waals surface area contributed by atoms with E-state index in [0.29, 0.717) is 0 Å². The highest BCUT2D eigenvalue weighted by Gasteiger charge is 2.10. The first kappa shape index (κ1) is 9.50. The Kier molecular flexibility index (Phi) is 3.08. The fourth-order valence-electron chi connectivity index (χ4n) is 0.514. The highest BCUT2D eigenvalue weighted by molar-refractivity contribution is 6.41. The van der Waals surface area contributed by atoms with E-state index in [4.69, 9.17) is 32.9 Å². The number of hydrogen-bond acceptors (Lipinski definition) is 5. The van der Waals surface area contributed by atoms with Crippen LogP contribution in [0, 0.1) is 0 Å². The lowest BCUT2D eigenvalue weighted by Crippen LogP contribution is -2.17. The van der Waals surface area contributed by atoms with Crippen molar-refractivity contribution >= 4 is 30.3 Å². The largest absolute Gasteiger partial charge is 0.521 e. The molecule has 12 heavy (non-hydrogen) atoms. The van der Waals surface area contributed by atoms with E-state index in [9.17, 15) is 0 Å². The number of aromatic nitrogens is 3. The Morgan fingerprint density at radius 3 is 2.17 bits per heavy atom. The van der Waals surface area contributed by atoms with Crippen LogP contribution in [0.1, 0.15) is 0 Å². The standard InChI is InChI=1S/C4H4BCl2N3O2/c1-5(11)12-4-9-2(6)8-3(7)10-4/h11H,1H3. The average molecular weight is 208 g/mol. The number of hydrogen-bond donors (Lipinski definition) is 1. The lowest BCUT2D eigenvalue weighted by atomic mass is 9.97. The maximum Gasteiger partial charge on any atom is 0.521 e. The molecule has 1 N–H and O–H groups in total. The first-order valence-corrected chi connectivity index (χ1v) is 3.75. The van der Waals surface area contributed by atoms with Crippen LogP contribution in [0.15, 0.2) is 0 Å². The second-order valence-electron chi connectivity index (χ2n) is 1.87. The van der Waals surface area contributed by atoms with Gasteiger partial charge in [0.25, 0.3) is 0 Å². The van der Waals surface area contributed by atoms with E-state index < -0.39 is 7.12 Å². The van der Waals surface area contributed by atoms with Gasteiger partial charge < -0.3 is 9.68 Å². The van der Waals surface area contributed by atoms with Crippen molar-refractivity contribution in [2.45, 2.75) is 6.82 Å². The summed E-state index contributed by atoms with van der Waals surface area (Å²) >= 11 is 10.9. The fourth-order valence-corrected chi connectivity index (χ4v) is 0.862. The summed E-state index contributed by atoms with van der Waals surface area (Å²) in [5.74, 6) is 0. The molecular formula is C4H4BCl2N3O2. The van der Waals surface area contributed by atoms with Crippen LogP contribution in [0.5, 0.6) is 6.01 Å². The molecule has 0 atom stereocenters. The molecule has 0 fully saturated rings. The number of rotatable bonds is 2. The number of nitrogens with zero attached hydrogens (tertiary/aromatic N) is 3. The zero-order chi connectivity index (χ0) is 9.14. The van der Waals surface area contributed by atoms with E-state index in [2.05, 4.69) is 15.0 Å². The van der Waals surface area contributed by atoms with Crippen LogP contribution in [-0.2, 0) is 0 Å². The zero-order valence-corrected chi connectivity index (χ0v) is 7.54. The zero-order valence-electron chi connectivity index (χ0n) is 6.03. The van der Waals surface area contributed by atoms with Crippen molar-refractivity contribution in [3.8, 4) is 6.01 Å². The molecule has 0 bridgehead atoms. The van der Waals surface area contributed by atoms with E-state index in [0.717, 1.165) is 0 Å². The van der Waals surface area contributed by atoms with Crippen molar-refractivity contribution in [2.24, 2.45) is 0 Å². The summed E-state index contributed by atoms with van der Waals surface area (Å²) in [4.78, 5) is 10.6. The van der Waals surface area contributed by atoms with Gasteiger partial charge in [-0.15, -0.1) is 0 Å². The average Bonchev–Trinajstić information content (AvgIpc) is 1.81. The third kappa shape index (κ3) is 2.81. The second-order valence-corrected chi connectivity index (χ2v) is 2.55. The van der Waals surface area contributed by atoms with E-state index in [1.54, 1.807) is 0 Å². The lowest BCUT2D eigenvalue weighted by molar-refractivity contribution is 0.402. The molecule has 1 rings (SSSR count). The lowest BCUT2D eigenvalue weighted by Gasteiger charge is -2.02. The van der Waals surface area contributed by atoms with Crippen LogP contribution < -0.4 is 4.65 Å². The van der Waals surface area contributed by atoms with Gasteiger partial charge in [-0.1, -0.05) is 0 Å². The van der Waals surface area contributed by atoms with Crippen molar-refractivity contribution in [3.63, 3.8) is 0 Å². The monoisotopic (exact) mass is 207 g/mol. The van der Waals surface area contributed by atoms with Gasteiger partial charge in [-0.05, 0) is 30.0 Å². The minimum atomic E-state index is -1.01. The number of halogens is 2. The Balaban J connectivity index is 2.85. The van der Waals surface area contributed by atoms with Gasteiger partial charge in [0.2, 0.25) is 10.6 Å². The van der Waals surface area contributed by atoms with Crippen molar-refractivity contribution in [1.82, 2.24) is 15.0 Å². The Labute approximate surface area is 78.9 Å². The van der Waals surface area contributed by atoms with E-state index in [1.165, 1.54) is 6.82 Å². The molecule has 0 aliphatic heterocycles. The van der Waals surface area contributed by atoms with Gasteiger partial charge in [0.05, 0.1) is 0 Å². The van der Waals surface area contributed by atoms with Crippen molar-refractivity contribution in [1.29, 1.82) is 0 Å². The molecule has 0 spiro atoms. The maximum absolute atomic E-state index is 8.78. The molecule has 5 nitrogen and oxygen atoms in total. The topological polar surface area (TPSA) is 68.1 Å². The Bertz CT molecular complexity index is 265. The minimum Gasteiger partial charge on any atom is -0.507 e. The van der Waals surface area contributed by atoms with Crippen LogP contribution >= 0.6 is 23.2 Å². The maximum atomic E-state index is 8.78. The Hall–Kier alpha value is -0.585. The molecule has 1 aromatic heterocycles. The molecule has 8 heteroatoms. The van der Waals surface area contributed by atoms with Gasteiger partial charge in [-0.2, -0.15) is 15.0 Å². The van der Waals surface area contributed by atoms with Gasteiger partial charge in [0, 0.05) is 0 Å². The Morgan fingerprint density at radius 2 is 1.75 bits per heavy atom. The Morgan fingerprint density at radius 1 is 1.25 bits per heavy atom. The quantitative estimate of drug-likeness (QED) is 0.723. The van der Waals surface area contributed by atoms with Gasteiger partial charge in [0.1, 0.15) is 0 Å². The van der Waals surface area contributed by atoms with Gasteiger partial charge in [-0.3, -0.25) is 0 Å². The van der Waals surface area contributed by atoms with Crippen molar-refractivity contribution in [2.75, 3.05) is 0 Å². The highest BCUT2D eigenvalue weighted by Crippen LogP contribution is 2.11. The van der Waals surface area contributed by atoms with Gasteiger partial charge >= 0.3 is 13.1 Å². The summed E-state index contributed by atoms with van der Waals surface area (Å²) in [6, 6.07) is -0.102. The second kappa shape index (κ2) is 3.89. The van der Waals surface area contributed by atoms with Gasteiger partial charge in [0.15, 0.2) is 0 Å². The highest BCUT2D eigenvalue weighted by atomic mass is 35.5. The summed E-state index contributed by atoms with van der Waals surface area (Å²) in [6.45, 7) is 1.41. The van der Waals surface area contributed by atoms with Crippen molar-refractivity contribution in [3.05, 3.63) is 10.6 Å². The van der Waals surface area contributed by atoms with E-state index in [-0.39, 0.29) is 16.6 Å². The van der Waals surface area contributed by atoms with Crippen molar-refractivity contribution < 1.29 is 9.68 Å². The summed E-state index contributed by atoms with van der Waals surface area (Å²) in [5, 5.41) is 8.62. The molecule has 0 saturated heterocycles. The summed E-state index contributed by atoms with van der Waals surface area (Å²) < 4.78 is 4.70. The molecule has 0 aliphatic rings. The van der Waals surface area contributed by atoms with Crippen LogP contribution in [0.25, 0.3) is 0 Å². The van der Waals surface area contributed by atoms with Crippen LogP contribution in [0.2, 0.25) is 17.4 Å². The molecular weight excluding hydrogens is 204 g/mol. The summed E-state index contributed by atoms with van der Waals surface area (Å²) in [5.41, 5.74) is 0. The predicted octanol–water partition coefficient (Wildman–Crippen LogP) is 0.667. The summed E-state index contributed by atoms with van der Waals surface area (Å²) in [7, 11) is -1.01. The molecule has 0 radical (unpaired) electrons. The SMILES string of the molecule is CB(O)Oc1nc(Cl)nc(Cl)n1. The minimum absolute atomic E-state index is 0.0781.